The minimum atomic E-state index is -1.39. The van der Waals surface area contributed by atoms with Crippen LogP contribution in [-0.2, 0) is 18.6 Å². The zero-order chi connectivity index (χ0) is 41.9. The van der Waals surface area contributed by atoms with E-state index in [-0.39, 0.29) is 24.3 Å². The van der Waals surface area contributed by atoms with Crippen molar-refractivity contribution in [3.63, 3.8) is 0 Å². The average Bonchev–Trinajstić information content (AvgIpc) is 3.95. The van der Waals surface area contributed by atoms with Gasteiger partial charge in [0, 0.05) is 44.4 Å². The highest BCUT2D eigenvalue weighted by atomic mass is 32.3. The number of rotatable bonds is 12. The number of likely N-dealkylation sites (tertiary alicyclic amines) is 1. The Morgan fingerprint density at radius 1 is 1.04 bits per heavy atom. The fourth-order valence-corrected chi connectivity index (χ4v) is 7.66. The second-order valence-corrected chi connectivity index (χ2v) is 18.0. The largest absolute Gasteiger partial charge is 0.465 e. The molecule has 322 valence electrons. The van der Waals surface area contributed by atoms with Crippen LogP contribution in [0.1, 0.15) is 136 Å². The van der Waals surface area contributed by atoms with E-state index in [9.17, 15) is 14.4 Å². The third kappa shape index (κ3) is 22.0. The smallest absolute Gasteiger partial charge is 0.407 e. The molecule has 12 nitrogen and oxygen atoms in total. The first-order chi connectivity index (χ1) is 26.8. The maximum absolute atomic E-state index is 12.3. The Kier molecular flexibility index (Phi) is 26.5. The third-order valence-electron chi connectivity index (χ3n) is 10.5. The zero-order valence-electron chi connectivity index (χ0n) is 35.5. The highest BCUT2D eigenvalue weighted by Gasteiger charge is 2.39. The number of carboxylic acid groups (broad SMARTS) is 1. The van der Waals surface area contributed by atoms with E-state index in [4.69, 9.17) is 19.2 Å². The van der Waals surface area contributed by atoms with Gasteiger partial charge in [-0.05, 0) is 101 Å². The number of hydrogen-bond donors (Lipinski definition) is 5. The average molecular weight is 807 g/mol. The second-order valence-electron chi connectivity index (χ2n) is 15.5. The monoisotopic (exact) mass is 807 g/mol. The van der Waals surface area contributed by atoms with Crippen LogP contribution in [0.15, 0.2) is 47.9 Å². The molecule has 1 saturated heterocycles. The lowest BCUT2D eigenvalue weighted by Gasteiger charge is -2.29. The molecule has 0 spiro atoms. The predicted octanol–water partition coefficient (Wildman–Crippen LogP) is 7.85. The molecular weight excluding hydrogens is 729 g/mol. The number of unbranched alkanes of at least 4 members (excludes halogenated alkanes) is 4. The number of carbonyl (C=O) groups is 4. The van der Waals surface area contributed by atoms with Crippen molar-refractivity contribution < 1.29 is 28.5 Å². The maximum Gasteiger partial charge on any atom is 0.407 e. The van der Waals surface area contributed by atoms with Gasteiger partial charge >= 0.3 is 6.09 Å². The summed E-state index contributed by atoms with van der Waals surface area (Å²) in [6.07, 6.45) is 28.2. The molecule has 3 saturated carbocycles. The fourth-order valence-electron chi connectivity index (χ4n) is 6.80. The van der Waals surface area contributed by atoms with Crippen LogP contribution in [0, 0.1) is 5.92 Å². The van der Waals surface area contributed by atoms with E-state index in [1.54, 1.807) is 11.5 Å². The van der Waals surface area contributed by atoms with Gasteiger partial charge in [-0.1, -0.05) is 93.2 Å². The number of amides is 4. The number of carbonyl (C=O) groups excluding carboxylic acids is 3. The van der Waals surface area contributed by atoms with Crippen LogP contribution < -0.4 is 21.5 Å². The molecule has 13 heteroatoms. The van der Waals surface area contributed by atoms with Crippen molar-refractivity contribution in [1.82, 2.24) is 20.4 Å². The van der Waals surface area contributed by atoms with Gasteiger partial charge < -0.3 is 35.5 Å². The molecule has 4 aliphatic carbocycles. The van der Waals surface area contributed by atoms with Crippen LogP contribution in [0.25, 0.3) is 0 Å². The van der Waals surface area contributed by atoms with Crippen molar-refractivity contribution in [2.24, 2.45) is 16.8 Å². The van der Waals surface area contributed by atoms with Crippen molar-refractivity contribution in [1.29, 1.82) is 0 Å². The summed E-state index contributed by atoms with van der Waals surface area (Å²) < 4.78 is 5.44. The van der Waals surface area contributed by atoms with Gasteiger partial charge in [-0.25, -0.2) is 4.79 Å². The van der Waals surface area contributed by atoms with Gasteiger partial charge in [0.25, 0.3) is 0 Å². The van der Waals surface area contributed by atoms with E-state index in [2.05, 4.69) is 62.6 Å². The first-order valence-electron chi connectivity index (χ1n) is 21.0. The van der Waals surface area contributed by atoms with Gasteiger partial charge in [-0.15, -0.1) is 6.58 Å². The van der Waals surface area contributed by atoms with Gasteiger partial charge in [0.05, 0.1) is 6.10 Å². The van der Waals surface area contributed by atoms with Gasteiger partial charge in [-0.2, -0.15) is 0 Å². The Labute approximate surface area is 341 Å². The van der Waals surface area contributed by atoms with Crippen molar-refractivity contribution >= 4 is 34.8 Å². The lowest BCUT2D eigenvalue weighted by Crippen LogP contribution is -2.46. The number of nitrogens with two attached hydrogens (primary N) is 2. The lowest BCUT2D eigenvalue weighted by molar-refractivity contribution is -0.138. The highest BCUT2D eigenvalue weighted by molar-refractivity contribution is 8.29. The van der Waals surface area contributed by atoms with Crippen LogP contribution in [0.4, 0.5) is 4.79 Å². The topological polar surface area (TPSA) is 180 Å². The Bertz CT molecular complexity index is 1240. The number of primary amides is 1. The highest BCUT2D eigenvalue weighted by Crippen LogP contribution is 2.44. The van der Waals surface area contributed by atoms with Crippen molar-refractivity contribution in [2.45, 2.75) is 161 Å². The molecule has 2 heterocycles. The van der Waals surface area contributed by atoms with Crippen LogP contribution in [0.5, 0.6) is 0 Å². The summed E-state index contributed by atoms with van der Waals surface area (Å²) in [5.74, 6) is 0.854. The van der Waals surface area contributed by atoms with Gasteiger partial charge in [-0.3, -0.25) is 19.5 Å². The van der Waals surface area contributed by atoms with Crippen LogP contribution >= 0.6 is 10.5 Å². The molecular formula is C43H78N6O6S. The molecule has 3 unspecified atom stereocenters. The van der Waals surface area contributed by atoms with E-state index in [0.29, 0.717) is 37.6 Å². The Morgan fingerprint density at radius 3 is 2.18 bits per heavy atom. The summed E-state index contributed by atoms with van der Waals surface area (Å²) in [6, 6.07) is 0.991. The van der Waals surface area contributed by atoms with Crippen LogP contribution in [0.3, 0.4) is 0 Å². The minimum absolute atomic E-state index is 0.0705. The molecule has 0 radical (unpaired) electrons. The summed E-state index contributed by atoms with van der Waals surface area (Å²) in [4.78, 5) is 47.2. The Hall–Kier alpha value is -3.13. The maximum atomic E-state index is 12.3. The van der Waals surface area contributed by atoms with Crippen molar-refractivity contribution in [3.05, 3.63) is 47.9 Å². The molecule has 6 aliphatic rings. The molecule has 4 fully saturated rings. The lowest BCUT2D eigenvalue weighted by atomic mass is 9.92. The molecule has 2 aliphatic heterocycles. The van der Waals surface area contributed by atoms with Crippen LogP contribution in [-0.4, -0.2) is 96.4 Å². The first kappa shape index (κ1) is 50.9. The third-order valence-corrected chi connectivity index (χ3v) is 11.8. The van der Waals surface area contributed by atoms with Crippen molar-refractivity contribution in [2.75, 3.05) is 32.9 Å². The summed E-state index contributed by atoms with van der Waals surface area (Å²) >= 11 is 0. The second kappa shape index (κ2) is 29.1. The SMILES string of the molecule is C=CC.C=CS(C)(N)OC1CC1.CCCCCCCC(=O)N1CCCC1C(=O)NC1C[C@H]1C.CNC1CCCC1.NC=O.O=C(O)N1CCC2=C(C=CCC2)C1. The molecule has 0 bridgehead atoms. The molecule has 4 atom stereocenters. The van der Waals surface area contributed by atoms with Gasteiger partial charge in [0.15, 0.2) is 0 Å². The summed E-state index contributed by atoms with van der Waals surface area (Å²) in [5, 5.41) is 22.6. The molecule has 6 rings (SSSR count). The molecule has 4 amide bonds. The molecule has 0 aromatic heterocycles. The summed E-state index contributed by atoms with van der Waals surface area (Å²) in [5.41, 5.74) is 6.85. The summed E-state index contributed by atoms with van der Waals surface area (Å²) in [6.45, 7) is 15.2. The number of nitrogens with zero attached hydrogens (tertiary/aromatic N) is 2. The predicted molar refractivity (Wildman–Crippen MR) is 233 cm³/mol. The molecule has 0 aromatic carbocycles. The van der Waals surface area contributed by atoms with Gasteiger partial charge in [0.2, 0.25) is 18.2 Å². The van der Waals surface area contributed by atoms with E-state index in [1.807, 2.05) is 18.1 Å². The van der Waals surface area contributed by atoms with E-state index >= 15 is 0 Å². The molecule has 56 heavy (non-hydrogen) atoms. The van der Waals surface area contributed by atoms with Crippen molar-refractivity contribution in [3.8, 4) is 0 Å². The zero-order valence-corrected chi connectivity index (χ0v) is 36.3. The van der Waals surface area contributed by atoms with E-state index in [0.717, 1.165) is 64.0 Å². The first-order valence-corrected chi connectivity index (χ1v) is 23.1. The van der Waals surface area contributed by atoms with E-state index < -0.39 is 16.6 Å². The summed E-state index contributed by atoms with van der Waals surface area (Å²) in [7, 11) is 0.659. The minimum Gasteiger partial charge on any atom is -0.465 e. The Morgan fingerprint density at radius 2 is 1.66 bits per heavy atom. The quantitative estimate of drug-likeness (QED) is 0.0751. The van der Waals surface area contributed by atoms with E-state index in [1.165, 1.54) is 73.8 Å². The normalized spacial score (nSPS) is 23.4. The van der Waals surface area contributed by atoms with Gasteiger partial charge in [0.1, 0.15) is 6.04 Å². The molecule has 7 N–H and O–H groups in total. The number of nitrogens with one attached hydrogen (secondary N) is 2. The fraction of sp³-hybridized carbons (Fsp3) is 0.721. The number of allylic oxidation sites excluding steroid dienone is 2. The Balaban J connectivity index is 0.000000382. The van der Waals surface area contributed by atoms with Crippen LogP contribution in [0.2, 0.25) is 0 Å². The molecule has 0 aromatic rings. The standard InChI is InChI=1S/C17H30N2O2.C10H13NO2.C6H13NOS.C6H13N.C3H6.CH3NO/c1-3-4-5-6-7-10-16(20)19-11-8-9-15(19)17(21)18-14-12-13(14)2;12-10(13)11-6-5-8-3-1-2-4-9(8)7-11;1-3-9(2,7)8-6-4-5-6;1-7-6-4-2-3-5-6;1-3-2;2-1-3/h13-15H,3-12H2,1-2H3,(H,18,21);2,4H,1,3,5-7H2,(H,12,13);3,6H,1,4-5,7H2,2H3;6-7H,2-5H2,1H3;3H,1H2,2H3;1H,(H2,2,3)/t13-,14?,15?;;;;;/m1...../s1. The number of hydrogen-bond acceptors (Lipinski definition) is 7.